The van der Waals surface area contributed by atoms with E-state index in [9.17, 15) is 9.70 Å². The molecule has 0 saturated heterocycles. The van der Waals surface area contributed by atoms with Gasteiger partial charge in [0.2, 0.25) is 0 Å². The Bertz CT molecular complexity index is 462. The van der Waals surface area contributed by atoms with Crippen molar-refractivity contribution in [2.24, 2.45) is 5.18 Å². The molecule has 0 aromatic heterocycles. The molecule has 0 aliphatic carbocycles. The van der Waals surface area contributed by atoms with Crippen molar-refractivity contribution in [3.05, 3.63) is 32.6 Å². The van der Waals surface area contributed by atoms with Crippen molar-refractivity contribution in [3.8, 4) is 0 Å². The normalized spacial score (nSPS) is 19.3. The average molecular weight is 245 g/mol. The molecule has 1 aromatic rings. The van der Waals surface area contributed by atoms with Gasteiger partial charge in [-0.1, -0.05) is 34.4 Å². The van der Waals surface area contributed by atoms with Crippen molar-refractivity contribution >= 4 is 34.8 Å². The Hall–Kier alpha value is -1.13. The highest BCUT2D eigenvalue weighted by Gasteiger charge is 2.38. The van der Waals surface area contributed by atoms with Gasteiger partial charge in [0, 0.05) is 12.6 Å². The van der Waals surface area contributed by atoms with Crippen LogP contribution in [0.3, 0.4) is 0 Å². The largest absolute Gasteiger partial charge is 0.311 e. The standard InChI is InChI=1S/C9H6Cl2N2O2/c1-13-8-4(7(12-15)9(13)14)2-3-5(10)6(8)11/h2-3,7H,1H3. The molecule has 0 bridgehead atoms. The van der Waals surface area contributed by atoms with E-state index >= 15 is 0 Å². The van der Waals surface area contributed by atoms with Gasteiger partial charge in [-0.05, 0) is 6.07 Å². The summed E-state index contributed by atoms with van der Waals surface area (Å²) >= 11 is 11.8. The number of halogens is 2. The molecule has 0 saturated carbocycles. The number of carbonyl (C=O) groups is 1. The number of hydrogen-bond donors (Lipinski definition) is 0. The van der Waals surface area contributed by atoms with Crippen LogP contribution in [0.25, 0.3) is 0 Å². The maximum Gasteiger partial charge on any atom is 0.259 e. The highest BCUT2D eigenvalue weighted by atomic mass is 35.5. The molecule has 1 heterocycles. The van der Waals surface area contributed by atoms with Gasteiger partial charge in [0.05, 0.1) is 15.7 Å². The number of likely N-dealkylation sites (N-methyl/N-ethyl adjacent to an activating group) is 1. The molecular formula is C9H6Cl2N2O2. The highest BCUT2D eigenvalue weighted by molar-refractivity contribution is 6.44. The molecule has 6 heteroatoms. The Kier molecular flexibility index (Phi) is 2.40. The summed E-state index contributed by atoms with van der Waals surface area (Å²) in [6, 6.07) is 2.14. The summed E-state index contributed by atoms with van der Waals surface area (Å²) in [7, 11) is 1.54. The zero-order valence-corrected chi connectivity index (χ0v) is 9.21. The molecule has 0 spiro atoms. The van der Waals surface area contributed by atoms with Crippen LogP contribution in [0.2, 0.25) is 10.0 Å². The highest BCUT2D eigenvalue weighted by Crippen LogP contribution is 2.44. The summed E-state index contributed by atoms with van der Waals surface area (Å²) in [6.45, 7) is 0. The van der Waals surface area contributed by atoms with E-state index in [4.69, 9.17) is 23.2 Å². The summed E-state index contributed by atoms with van der Waals surface area (Å²) in [5.41, 5.74) is 0.977. The lowest BCUT2D eigenvalue weighted by Crippen LogP contribution is -2.23. The van der Waals surface area contributed by atoms with Gasteiger partial charge in [0.15, 0.2) is 6.04 Å². The van der Waals surface area contributed by atoms with Crippen molar-refractivity contribution in [1.82, 2.24) is 0 Å². The fourth-order valence-corrected chi connectivity index (χ4v) is 2.10. The fraction of sp³-hybridized carbons (Fsp3) is 0.222. The molecule has 1 aliphatic heterocycles. The summed E-state index contributed by atoms with van der Waals surface area (Å²) in [4.78, 5) is 23.4. The SMILES string of the molecule is CN1C(=O)C(N=O)c2ccc(Cl)c(Cl)c21. The first kappa shape index (κ1) is 10.4. The Morgan fingerprint density at radius 3 is 2.67 bits per heavy atom. The first-order valence-corrected chi connectivity index (χ1v) is 4.91. The van der Waals surface area contributed by atoms with Crippen molar-refractivity contribution in [2.45, 2.75) is 6.04 Å². The van der Waals surface area contributed by atoms with Gasteiger partial charge in [-0.3, -0.25) is 4.79 Å². The third-order valence-electron chi connectivity index (χ3n) is 2.40. The molecule has 15 heavy (non-hydrogen) atoms. The van der Waals surface area contributed by atoms with Crippen LogP contribution in [0.1, 0.15) is 11.6 Å². The van der Waals surface area contributed by atoms with E-state index in [-0.39, 0.29) is 10.9 Å². The van der Waals surface area contributed by atoms with E-state index in [0.717, 1.165) is 0 Å². The van der Waals surface area contributed by atoms with Gasteiger partial charge in [-0.2, -0.15) is 0 Å². The molecule has 2 rings (SSSR count). The number of rotatable bonds is 1. The number of nitroso groups, excluding NO2 is 1. The van der Waals surface area contributed by atoms with Crippen LogP contribution >= 0.6 is 23.2 Å². The van der Waals surface area contributed by atoms with Crippen molar-refractivity contribution in [3.63, 3.8) is 0 Å². The third kappa shape index (κ3) is 1.33. The minimum absolute atomic E-state index is 0.274. The van der Waals surface area contributed by atoms with E-state index in [1.54, 1.807) is 12.1 Å². The van der Waals surface area contributed by atoms with Gasteiger partial charge < -0.3 is 4.90 Å². The molecule has 0 N–H and O–H groups in total. The number of benzene rings is 1. The number of anilines is 1. The number of amides is 1. The van der Waals surface area contributed by atoms with Gasteiger partial charge in [-0.15, -0.1) is 4.91 Å². The quantitative estimate of drug-likeness (QED) is 0.714. The van der Waals surface area contributed by atoms with Crippen LogP contribution < -0.4 is 4.90 Å². The molecule has 4 nitrogen and oxygen atoms in total. The first-order chi connectivity index (χ1) is 7.07. The summed E-state index contributed by atoms with van der Waals surface area (Å²) < 4.78 is 0. The number of fused-ring (bicyclic) bond motifs is 1. The van der Waals surface area contributed by atoms with E-state index in [0.29, 0.717) is 16.3 Å². The zero-order chi connectivity index (χ0) is 11.2. The van der Waals surface area contributed by atoms with Crippen LogP contribution in [-0.2, 0) is 4.79 Å². The number of hydrogen-bond acceptors (Lipinski definition) is 3. The monoisotopic (exact) mass is 244 g/mol. The number of nitrogens with zero attached hydrogens (tertiary/aromatic N) is 2. The van der Waals surface area contributed by atoms with E-state index in [1.807, 2.05) is 0 Å². The van der Waals surface area contributed by atoms with Crippen LogP contribution in [0.5, 0.6) is 0 Å². The molecule has 1 unspecified atom stereocenters. The van der Waals surface area contributed by atoms with Crippen LogP contribution in [-0.4, -0.2) is 13.0 Å². The van der Waals surface area contributed by atoms with E-state index in [2.05, 4.69) is 5.18 Å². The lowest BCUT2D eigenvalue weighted by Gasteiger charge is -2.11. The Labute approximate surface area is 95.7 Å². The topological polar surface area (TPSA) is 49.7 Å². The predicted molar refractivity (Wildman–Crippen MR) is 58.4 cm³/mol. The van der Waals surface area contributed by atoms with Gasteiger partial charge in [0.25, 0.3) is 5.91 Å². The van der Waals surface area contributed by atoms with Crippen LogP contribution in [0.4, 0.5) is 5.69 Å². The average Bonchev–Trinajstić information content (AvgIpc) is 2.46. The second-order valence-corrected chi connectivity index (χ2v) is 3.99. The Morgan fingerprint density at radius 1 is 1.40 bits per heavy atom. The number of carbonyl (C=O) groups excluding carboxylic acids is 1. The Morgan fingerprint density at radius 2 is 2.07 bits per heavy atom. The molecule has 0 fully saturated rings. The molecule has 1 amide bonds. The van der Waals surface area contributed by atoms with Crippen molar-refractivity contribution in [2.75, 3.05) is 11.9 Å². The van der Waals surface area contributed by atoms with Crippen LogP contribution in [0, 0.1) is 4.91 Å². The molecule has 1 aliphatic rings. The summed E-state index contributed by atoms with van der Waals surface area (Å²) in [5.74, 6) is -0.385. The van der Waals surface area contributed by atoms with Crippen molar-refractivity contribution < 1.29 is 4.79 Å². The maximum absolute atomic E-state index is 11.6. The summed E-state index contributed by atoms with van der Waals surface area (Å²) in [5, 5.41) is 3.41. The zero-order valence-electron chi connectivity index (χ0n) is 7.70. The van der Waals surface area contributed by atoms with Gasteiger partial charge in [-0.25, -0.2) is 0 Å². The fourth-order valence-electron chi connectivity index (χ4n) is 1.64. The maximum atomic E-state index is 11.6. The smallest absolute Gasteiger partial charge is 0.259 e. The first-order valence-electron chi connectivity index (χ1n) is 4.16. The molecule has 1 atom stereocenters. The molecule has 1 aromatic carbocycles. The lowest BCUT2D eigenvalue weighted by molar-refractivity contribution is -0.118. The van der Waals surface area contributed by atoms with Gasteiger partial charge in [0.1, 0.15) is 0 Å². The van der Waals surface area contributed by atoms with Gasteiger partial charge >= 0.3 is 0 Å². The second kappa shape index (κ2) is 3.47. The minimum atomic E-state index is -1.00. The minimum Gasteiger partial charge on any atom is -0.311 e. The van der Waals surface area contributed by atoms with Crippen molar-refractivity contribution in [1.29, 1.82) is 0 Å². The Balaban J connectivity index is 2.70. The molecular weight excluding hydrogens is 239 g/mol. The summed E-state index contributed by atoms with van der Waals surface area (Å²) in [6.07, 6.45) is 0. The predicted octanol–water partition coefficient (Wildman–Crippen LogP) is 2.78. The van der Waals surface area contributed by atoms with E-state index < -0.39 is 6.04 Å². The lowest BCUT2D eigenvalue weighted by atomic mass is 10.1. The molecule has 78 valence electrons. The second-order valence-electron chi connectivity index (χ2n) is 3.20. The third-order valence-corrected chi connectivity index (χ3v) is 3.19. The van der Waals surface area contributed by atoms with E-state index in [1.165, 1.54) is 11.9 Å². The van der Waals surface area contributed by atoms with Crippen LogP contribution in [0.15, 0.2) is 17.3 Å². The molecule has 0 radical (unpaired) electrons.